The Morgan fingerprint density at radius 1 is 1.09 bits per heavy atom. The van der Waals surface area contributed by atoms with E-state index in [1.807, 2.05) is 30.3 Å². The monoisotopic (exact) mass is 499 g/mol. The van der Waals surface area contributed by atoms with Gasteiger partial charge in [0.25, 0.3) is 5.91 Å². The number of amides is 2. The average molecular weight is 500 g/mol. The fourth-order valence-electron chi connectivity index (χ4n) is 4.83. The van der Waals surface area contributed by atoms with Gasteiger partial charge in [-0.3, -0.25) is 14.5 Å². The summed E-state index contributed by atoms with van der Waals surface area (Å²) in [4.78, 5) is 26.6. The lowest BCUT2D eigenvalue weighted by molar-refractivity contribution is -0.125. The van der Waals surface area contributed by atoms with Gasteiger partial charge >= 0.3 is 0 Å². The summed E-state index contributed by atoms with van der Waals surface area (Å²) in [6, 6.07) is 14.5. The number of rotatable bonds is 8. The van der Waals surface area contributed by atoms with Gasteiger partial charge in [0.05, 0.1) is 10.6 Å². The number of hydrogen-bond donors (Lipinski definition) is 1. The predicted molar refractivity (Wildman–Crippen MR) is 134 cm³/mol. The number of nitrogens with zero attached hydrogens (tertiary/aromatic N) is 2. The summed E-state index contributed by atoms with van der Waals surface area (Å²) < 4.78 is 33.8. The van der Waals surface area contributed by atoms with E-state index in [2.05, 4.69) is 19.2 Å². The Morgan fingerprint density at radius 3 is 2.51 bits per heavy atom. The van der Waals surface area contributed by atoms with Crippen molar-refractivity contribution in [2.24, 2.45) is 11.8 Å². The molecule has 1 saturated heterocycles. The number of aryl methyl sites for hydroxylation is 1. The second-order valence-electron chi connectivity index (χ2n) is 9.61. The summed E-state index contributed by atoms with van der Waals surface area (Å²) in [6.45, 7) is 5.14. The van der Waals surface area contributed by atoms with Crippen LogP contribution >= 0.6 is 0 Å². The highest BCUT2D eigenvalue weighted by atomic mass is 32.2. The summed E-state index contributed by atoms with van der Waals surface area (Å²) >= 11 is 0. The van der Waals surface area contributed by atoms with E-state index >= 15 is 0 Å². The second kappa shape index (κ2) is 10.8. The zero-order valence-electron chi connectivity index (χ0n) is 20.3. The van der Waals surface area contributed by atoms with Crippen molar-refractivity contribution in [3.63, 3.8) is 0 Å². The second-order valence-corrected chi connectivity index (χ2v) is 11.5. The van der Waals surface area contributed by atoms with E-state index in [1.54, 1.807) is 6.07 Å². The molecule has 2 aromatic carbocycles. The number of hydrogen-bond acceptors (Lipinski definition) is 5. The van der Waals surface area contributed by atoms with Crippen molar-refractivity contribution in [1.29, 1.82) is 0 Å². The first-order valence-corrected chi connectivity index (χ1v) is 13.6. The Morgan fingerprint density at radius 2 is 1.80 bits per heavy atom. The van der Waals surface area contributed by atoms with E-state index < -0.39 is 10.0 Å². The summed E-state index contributed by atoms with van der Waals surface area (Å²) in [5, 5.41) is 2.86. The highest BCUT2D eigenvalue weighted by molar-refractivity contribution is 7.89. The molecular weight excluding hydrogens is 466 g/mol. The zero-order valence-corrected chi connectivity index (χ0v) is 21.1. The fraction of sp³-hybridized carbons (Fsp3) is 0.462. The van der Waals surface area contributed by atoms with Crippen molar-refractivity contribution in [2.75, 3.05) is 37.7 Å². The Hall–Kier alpha value is -2.91. The average Bonchev–Trinajstić information content (AvgIpc) is 2.83. The van der Waals surface area contributed by atoms with Crippen LogP contribution in [0, 0.1) is 11.8 Å². The lowest BCUT2D eigenvalue weighted by Gasteiger charge is -2.34. The molecule has 9 heteroatoms. The SMILES string of the molecule is CC1CC(C)CN(S(=O)(=O)c2ccc3c(c2)N(CC(=O)NCCCc2ccccc2)C(=O)CO3)C1. The summed E-state index contributed by atoms with van der Waals surface area (Å²) in [7, 11) is -3.74. The van der Waals surface area contributed by atoms with Crippen LogP contribution in [0.2, 0.25) is 0 Å². The summed E-state index contributed by atoms with van der Waals surface area (Å²) in [5.41, 5.74) is 1.50. The Kier molecular flexibility index (Phi) is 7.76. The summed E-state index contributed by atoms with van der Waals surface area (Å²) in [6.07, 6.45) is 2.61. The number of carbonyl (C=O) groups excluding carboxylic acids is 2. The van der Waals surface area contributed by atoms with Gasteiger partial charge in [-0.2, -0.15) is 4.31 Å². The molecule has 0 radical (unpaired) electrons. The smallest absolute Gasteiger partial charge is 0.265 e. The molecule has 0 spiro atoms. The van der Waals surface area contributed by atoms with Crippen LogP contribution in [0.3, 0.4) is 0 Å². The number of benzene rings is 2. The number of anilines is 1. The van der Waals surface area contributed by atoms with Crippen molar-refractivity contribution in [2.45, 2.75) is 38.0 Å². The molecule has 0 aliphatic carbocycles. The van der Waals surface area contributed by atoms with Gasteiger partial charge in [-0.25, -0.2) is 8.42 Å². The maximum atomic E-state index is 13.4. The minimum Gasteiger partial charge on any atom is -0.482 e. The standard InChI is InChI=1S/C26H33N3O5S/c1-19-13-20(2)16-28(15-19)35(32,33)22-10-11-24-23(14-22)29(26(31)18-34-24)17-25(30)27-12-6-9-21-7-4-3-5-8-21/h3-5,7-8,10-11,14,19-20H,6,9,12-13,15-18H2,1-2H3,(H,27,30). The highest BCUT2D eigenvalue weighted by Crippen LogP contribution is 2.36. The van der Waals surface area contributed by atoms with Crippen LogP contribution in [-0.4, -0.2) is 57.3 Å². The lowest BCUT2D eigenvalue weighted by atomic mass is 9.94. The molecule has 2 aliphatic heterocycles. The highest BCUT2D eigenvalue weighted by Gasteiger charge is 2.34. The van der Waals surface area contributed by atoms with Crippen molar-refractivity contribution >= 4 is 27.5 Å². The molecular formula is C26H33N3O5S. The number of piperidine rings is 1. The molecule has 8 nitrogen and oxygen atoms in total. The third-order valence-electron chi connectivity index (χ3n) is 6.46. The Balaban J connectivity index is 1.44. The first-order chi connectivity index (χ1) is 16.7. The Bertz CT molecular complexity index is 1160. The van der Waals surface area contributed by atoms with Crippen LogP contribution in [0.5, 0.6) is 5.75 Å². The molecule has 1 N–H and O–H groups in total. The molecule has 2 amide bonds. The van der Waals surface area contributed by atoms with E-state index in [0.717, 1.165) is 19.3 Å². The number of nitrogens with one attached hydrogen (secondary N) is 1. The molecule has 0 bridgehead atoms. The molecule has 2 aromatic rings. The minimum atomic E-state index is -3.74. The molecule has 2 atom stereocenters. The third kappa shape index (κ3) is 6.02. The lowest BCUT2D eigenvalue weighted by Crippen LogP contribution is -2.45. The van der Waals surface area contributed by atoms with Gasteiger partial charge in [0.1, 0.15) is 12.3 Å². The van der Waals surface area contributed by atoms with Gasteiger partial charge in [-0.1, -0.05) is 44.2 Å². The topological polar surface area (TPSA) is 96.0 Å². The van der Waals surface area contributed by atoms with E-state index in [4.69, 9.17) is 4.74 Å². The van der Waals surface area contributed by atoms with Crippen molar-refractivity contribution < 1.29 is 22.7 Å². The van der Waals surface area contributed by atoms with Crippen molar-refractivity contribution in [3.05, 3.63) is 54.1 Å². The van der Waals surface area contributed by atoms with E-state index in [-0.39, 0.29) is 41.7 Å². The normalized spacial score (nSPS) is 20.7. The van der Waals surface area contributed by atoms with E-state index in [9.17, 15) is 18.0 Å². The zero-order chi connectivity index (χ0) is 25.0. The van der Waals surface area contributed by atoms with Crippen LogP contribution in [0.4, 0.5) is 5.69 Å². The first-order valence-electron chi connectivity index (χ1n) is 12.1. The van der Waals surface area contributed by atoms with Gasteiger partial charge in [0.2, 0.25) is 15.9 Å². The number of carbonyl (C=O) groups is 2. The number of ether oxygens (including phenoxy) is 1. The van der Waals surface area contributed by atoms with E-state index in [1.165, 1.54) is 26.9 Å². The van der Waals surface area contributed by atoms with Crippen molar-refractivity contribution in [1.82, 2.24) is 9.62 Å². The third-order valence-corrected chi connectivity index (χ3v) is 8.28. The van der Waals surface area contributed by atoms with Crippen molar-refractivity contribution in [3.8, 4) is 5.75 Å². The van der Waals surface area contributed by atoms with Crippen LogP contribution in [-0.2, 0) is 26.0 Å². The van der Waals surface area contributed by atoms with Gasteiger partial charge in [0.15, 0.2) is 6.61 Å². The molecule has 2 heterocycles. The molecule has 1 fully saturated rings. The predicted octanol–water partition coefficient (Wildman–Crippen LogP) is 2.83. The summed E-state index contributed by atoms with van der Waals surface area (Å²) in [5.74, 6) is 0.259. The van der Waals surface area contributed by atoms with Crippen LogP contribution in [0.25, 0.3) is 0 Å². The van der Waals surface area contributed by atoms with Gasteiger partial charge in [0, 0.05) is 19.6 Å². The van der Waals surface area contributed by atoms with Gasteiger partial charge in [-0.05, 0) is 54.9 Å². The van der Waals surface area contributed by atoms with Crippen LogP contribution in [0.1, 0.15) is 32.3 Å². The largest absolute Gasteiger partial charge is 0.482 e. The molecule has 188 valence electrons. The maximum absolute atomic E-state index is 13.4. The Labute approximate surface area is 207 Å². The molecule has 0 saturated carbocycles. The van der Waals surface area contributed by atoms with Gasteiger partial charge < -0.3 is 10.1 Å². The maximum Gasteiger partial charge on any atom is 0.265 e. The molecule has 2 aliphatic rings. The number of fused-ring (bicyclic) bond motifs is 1. The molecule has 35 heavy (non-hydrogen) atoms. The van der Waals surface area contributed by atoms with Crippen LogP contribution in [0.15, 0.2) is 53.4 Å². The fourth-order valence-corrected chi connectivity index (χ4v) is 6.53. The first kappa shape index (κ1) is 25.2. The quantitative estimate of drug-likeness (QED) is 0.564. The van der Waals surface area contributed by atoms with Crippen LogP contribution < -0.4 is 15.0 Å². The number of sulfonamides is 1. The molecule has 0 aromatic heterocycles. The van der Waals surface area contributed by atoms with Gasteiger partial charge in [-0.15, -0.1) is 0 Å². The molecule has 4 rings (SSSR count). The molecule has 2 unspecified atom stereocenters. The van der Waals surface area contributed by atoms with E-state index in [0.29, 0.717) is 31.1 Å². The minimum absolute atomic E-state index is 0.101.